The van der Waals surface area contributed by atoms with Crippen LogP contribution in [0.1, 0.15) is 6.92 Å². The molecule has 6 heteroatoms. The number of nitrogens with one attached hydrogen (secondary N) is 1. The van der Waals surface area contributed by atoms with Crippen LogP contribution in [0, 0.1) is 5.95 Å². The molecule has 0 radical (unpaired) electrons. The summed E-state index contributed by atoms with van der Waals surface area (Å²) in [7, 11) is -2.98. The molecule has 0 spiro atoms. The molecule has 0 aromatic carbocycles. The largest absolute Gasteiger partial charge is 0.369 e. The van der Waals surface area contributed by atoms with Gasteiger partial charge in [0.15, 0.2) is 9.84 Å². The smallest absolute Gasteiger partial charge is 0.214 e. The highest BCUT2D eigenvalue weighted by molar-refractivity contribution is 7.91. The van der Waals surface area contributed by atoms with Gasteiger partial charge in [0.1, 0.15) is 5.82 Å². The molecule has 0 amide bonds. The molecule has 0 unspecified atom stereocenters. The third kappa shape index (κ3) is 4.24. The molecule has 84 valence electrons. The molecule has 0 aliphatic rings. The minimum absolute atomic E-state index is 0.0295. The predicted octanol–water partition coefficient (Wildman–Crippen LogP) is 1.07. The lowest BCUT2D eigenvalue weighted by atomic mass is 10.4. The van der Waals surface area contributed by atoms with Crippen LogP contribution in [0.4, 0.5) is 10.2 Å². The van der Waals surface area contributed by atoms with E-state index in [1.54, 1.807) is 13.0 Å². The summed E-state index contributed by atoms with van der Waals surface area (Å²) in [6.45, 7) is 1.84. The van der Waals surface area contributed by atoms with Crippen LogP contribution in [0.3, 0.4) is 0 Å². The molecule has 1 heterocycles. The third-order valence-corrected chi connectivity index (χ3v) is 3.58. The Morgan fingerprint density at radius 3 is 2.80 bits per heavy atom. The van der Waals surface area contributed by atoms with Gasteiger partial charge in [0.2, 0.25) is 5.95 Å². The maximum Gasteiger partial charge on any atom is 0.214 e. The molecule has 0 fully saturated rings. The van der Waals surface area contributed by atoms with Gasteiger partial charge in [-0.2, -0.15) is 4.39 Å². The second-order valence-corrected chi connectivity index (χ2v) is 5.48. The number of aromatic nitrogens is 1. The molecule has 0 aliphatic heterocycles. The first-order chi connectivity index (χ1) is 7.03. The van der Waals surface area contributed by atoms with Crippen LogP contribution in [-0.4, -0.2) is 31.5 Å². The molecule has 4 nitrogen and oxygen atoms in total. The van der Waals surface area contributed by atoms with Crippen LogP contribution in [0.15, 0.2) is 18.2 Å². The zero-order valence-electron chi connectivity index (χ0n) is 8.40. The normalized spacial score (nSPS) is 11.3. The molecule has 0 atom stereocenters. The van der Waals surface area contributed by atoms with Crippen LogP contribution in [-0.2, 0) is 9.84 Å². The predicted molar refractivity (Wildman–Crippen MR) is 57.0 cm³/mol. The highest BCUT2D eigenvalue weighted by Gasteiger charge is 2.06. The van der Waals surface area contributed by atoms with E-state index in [-0.39, 0.29) is 18.1 Å². The Labute approximate surface area is 88.5 Å². The lowest BCUT2D eigenvalue weighted by Gasteiger charge is -2.04. The fraction of sp³-hybridized carbons (Fsp3) is 0.444. The number of rotatable bonds is 5. The van der Waals surface area contributed by atoms with Gasteiger partial charge in [-0.05, 0) is 12.1 Å². The third-order valence-electron chi connectivity index (χ3n) is 1.87. The standard InChI is InChI=1S/C9H13FN2O2S/c1-2-15(13,14)7-6-11-9-5-3-4-8(10)12-9/h3-5H,2,6-7H2,1H3,(H,11,12). The summed E-state index contributed by atoms with van der Waals surface area (Å²) in [5, 5.41) is 2.75. The van der Waals surface area contributed by atoms with Gasteiger partial charge in [-0.1, -0.05) is 13.0 Å². The van der Waals surface area contributed by atoms with E-state index in [1.165, 1.54) is 12.1 Å². The minimum Gasteiger partial charge on any atom is -0.369 e. The molecular formula is C9H13FN2O2S. The fourth-order valence-corrected chi connectivity index (χ4v) is 1.69. The molecule has 1 N–H and O–H groups in total. The molecule has 0 aliphatic carbocycles. The molecule has 0 saturated heterocycles. The molecule has 0 saturated carbocycles. The summed E-state index contributed by atoms with van der Waals surface area (Å²) < 4.78 is 34.9. The van der Waals surface area contributed by atoms with Crippen molar-refractivity contribution in [2.24, 2.45) is 0 Å². The van der Waals surface area contributed by atoms with Crippen molar-refractivity contribution in [1.29, 1.82) is 0 Å². The SMILES string of the molecule is CCS(=O)(=O)CCNc1cccc(F)n1. The first kappa shape index (κ1) is 11.9. The number of sulfone groups is 1. The summed E-state index contributed by atoms with van der Waals surface area (Å²) in [4.78, 5) is 3.55. The average Bonchev–Trinajstić information content (AvgIpc) is 2.18. The lowest BCUT2D eigenvalue weighted by molar-refractivity contribution is 0.585. The maximum absolute atomic E-state index is 12.6. The van der Waals surface area contributed by atoms with E-state index in [9.17, 15) is 12.8 Å². The Morgan fingerprint density at radius 2 is 2.20 bits per heavy atom. The summed E-state index contributed by atoms with van der Waals surface area (Å²) in [5.41, 5.74) is 0. The number of anilines is 1. The number of halogens is 1. The van der Waals surface area contributed by atoms with Crippen molar-refractivity contribution in [3.05, 3.63) is 24.1 Å². The van der Waals surface area contributed by atoms with Crippen LogP contribution in [0.2, 0.25) is 0 Å². The summed E-state index contributed by atoms with van der Waals surface area (Å²) >= 11 is 0. The van der Waals surface area contributed by atoms with Crippen molar-refractivity contribution in [2.75, 3.05) is 23.4 Å². The van der Waals surface area contributed by atoms with Crippen LogP contribution < -0.4 is 5.32 Å². The van der Waals surface area contributed by atoms with Gasteiger partial charge in [-0.25, -0.2) is 13.4 Å². The van der Waals surface area contributed by atoms with E-state index >= 15 is 0 Å². The van der Waals surface area contributed by atoms with Gasteiger partial charge in [-0.15, -0.1) is 0 Å². The molecule has 1 rings (SSSR count). The summed E-state index contributed by atoms with van der Waals surface area (Å²) in [5.74, 6) is -0.0906. The second kappa shape index (κ2) is 5.06. The quantitative estimate of drug-likeness (QED) is 0.771. The van der Waals surface area contributed by atoms with Crippen molar-refractivity contribution >= 4 is 15.7 Å². The van der Waals surface area contributed by atoms with Gasteiger partial charge in [0.05, 0.1) is 5.75 Å². The topological polar surface area (TPSA) is 59.1 Å². The number of nitrogens with zero attached hydrogens (tertiary/aromatic N) is 1. The van der Waals surface area contributed by atoms with E-state index in [1.807, 2.05) is 0 Å². The Hall–Kier alpha value is -1.17. The Balaban J connectivity index is 2.45. The molecule has 1 aromatic rings. The van der Waals surface area contributed by atoms with E-state index in [0.29, 0.717) is 5.82 Å². The summed E-state index contributed by atoms with van der Waals surface area (Å²) in [6.07, 6.45) is 0. The highest BCUT2D eigenvalue weighted by atomic mass is 32.2. The molecule has 0 bridgehead atoms. The van der Waals surface area contributed by atoms with E-state index < -0.39 is 15.8 Å². The second-order valence-electron chi connectivity index (χ2n) is 3.01. The first-order valence-corrected chi connectivity index (χ1v) is 6.42. The van der Waals surface area contributed by atoms with Crippen LogP contribution in [0.5, 0.6) is 0 Å². The Morgan fingerprint density at radius 1 is 1.47 bits per heavy atom. The Bertz CT molecular complexity index is 420. The molecule has 1 aromatic heterocycles. The fourth-order valence-electron chi connectivity index (χ4n) is 0.986. The van der Waals surface area contributed by atoms with Gasteiger partial charge in [-0.3, -0.25) is 0 Å². The zero-order valence-corrected chi connectivity index (χ0v) is 9.22. The maximum atomic E-state index is 12.6. The zero-order chi connectivity index (χ0) is 11.3. The minimum atomic E-state index is -2.98. The number of hydrogen-bond donors (Lipinski definition) is 1. The molecule has 15 heavy (non-hydrogen) atoms. The highest BCUT2D eigenvalue weighted by Crippen LogP contribution is 2.02. The van der Waals surface area contributed by atoms with Gasteiger partial charge >= 0.3 is 0 Å². The average molecular weight is 232 g/mol. The van der Waals surface area contributed by atoms with Crippen molar-refractivity contribution in [3.8, 4) is 0 Å². The lowest BCUT2D eigenvalue weighted by Crippen LogP contribution is -2.17. The van der Waals surface area contributed by atoms with Crippen molar-refractivity contribution in [1.82, 2.24) is 4.98 Å². The first-order valence-electron chi connectivity index (χ1n) is 4.60. The van der Waals surface area contributed by atoms with Gasteiger partial charge in [0, 0.05) is 12.3 Å². The van der Waals surface area contributed by atoms with E-state index in [2.05, 4.69) is 10.3 Å². The van der Waals surface area contributed by atoms with Gasteiger partial charge in [0.25, 0.3) is 0 Å². The van der Waals surface area contributed by atoms with E-state index in [4.69, 9.17) is 0 Å². The van der Waals surface area contributed by atoms with Crippen molar-refractivity contribution in [2.45, 2.75) is 6.92 Å². The summed E-state index contributed by atoms with van der Waals surface area (Å²) in [6, 6.07) is 4.33. The van der Waals surface area contributed by atoms with Crippen molar-refractivity contribution < 1.29 is 12.8 Å². The number of hydrogen-bond acceptors (Lipinski definition) is 4. The van der Waals surface area contributed by atoms with Crippen LogP contribution in [0.25, 0.3) is 0 Å². The molecular weight excluding hydrogens is 219 g/mol. The van der Waals surface area contributed by atoms with Gasteiger partial charge < -0.3 is 5.32 Å². The monoisotopic (exact) mass is 232 g/mol. The van der Waals surface area contributed by atoms with Crippen molar-refractivity contribution in [3.63, 3.8) is 0 Å². The van der Waals surface area contributed by atoms with Crippen LogP contribution >= 0.6 is 0 Å². The number of pyridine rings is 1. The Kier molecular flexibility index (Phi) is 4.02. The van der Waals surface area contributed by atoms with E-state index in [0.717, 1.165) is 0 Å².